The van der Waals surface area contributed by atoms with Crippen molar-refractivity contribution in [2.45, 2.75) is 0 Å². The second kappa shape index (κ2) is 14.5. The fourth-order valence-electron chi connectivity index (χ4n) is 9.32. The van der Waals surface area contributed by atoms with E-state index in [9.17, 15) is 0 Å². The number of benzene rings is 9. The maximum atomic E-state index is 2.42. The number of fused-ring (bicyclic) bond motifs is 7. The zero-order valence-corrected chi connectivity index (χ0v) is 34.0. The Labute approximate surface area is 357 Å². The smallest absolute Gasteiger partial charge is 0.0641 e. The van der Waals surface area contributed by atoms with Crippen LogP contribution in [0.4, 0.5) is 34.1 Å². The number of anilines is 6. The second-order valence-corrected chi connectivity index (χ2v) is 16.3. The number of para-hydroxylation sites is 6. The van der Waals surface area contributed by atoms with Crippen molar-refractivity contribution in [1.82, 2.24) is 9.13 Å². The largest absolute Gasteiger partial charge is 0.310 e. The van der Waals surface area contributed by atoms with E-state index in [4.69, 9.17) is 0 Å². The Morgan fingerprint density at radius 2 is 0.705 bits per heavy atom. The van der Waals surface area contributed by atoms with Crippen LogP contribution in [0.25, 0.3) is 65.1 Å². The van der Waals surface area contributed by atoms with Crippen LogP contribution in [-0.4, -0.2) is 9.13 Å². The molecule has 0 saturated carbocycles. The van der Waals surface area contributed by atoms with Crippen molar-refractivity contribution in [1.29, 1.82) is 0 Å². The molecule has 0 bridgehead atoms. The molecule has 0 unspecified atom stereocenters. The maximum absolute atomic E-state index is 2.42. The molecule has 0 atom stereocenters. The minimum absolute atomic E-state index is 1.11. The molecule has 9 aromatic carbocycles. The molecule has 3 heterocycles. The Hall–Kier alpha value is -7.86. The van der Waals surface area contributed by atoms with Gasteiger partial charge in [-0.2, -0.15) is 0 Å². The third-order valence-electron chi connectivity index (χ3n) is 11.9. The third kappa shape index (κ3) is 5.74. The Morgan fingerprint density at radius 3 is 1.21 bits per heavy atom. The van der Waals surface area contributed by atoms with Crippen LogP contribution in [0.5, 0.6) is 0 Å². The van der Waals surface area contributed by atoms with Gasteiger partial charge in [0, 0.05) is 61.1 Å². The van der Waals surface area contributed by atoms with Crippen LogP contribution in [-0.2, 0) is 0 Å². The molecule has 0 spiro atoms. The number of thiophene rings is 1. The zero-order valence-electron chi connectivity index (χ0n) is 33.1. The van der Waals surface area contributed by atoms with Gasteiger partial charge in [-0.1, -0.05) is 109 Å². The first-order chi connectivity index (χ1) is 30.3. The fraction of sp³-hybridized carbons (Fsp3) is 0. The summed E-state index contributed by atoms with van der Waals surface area (Å²) in [6.45, 7) is 0. The van der Waals surface area contributed by atoms with Gasteiger partial charge >= 0.3 is 0 Å². The molecule has 0 N–H and O–H groups in total. The molecule has 0 aliphatic heterocycles. The monoisotopic (exact) mass is 798 g/mol. The van der Waals surface area contributed by atoms with E-state index in [2.05, 4.69) is 249 Å². The lowest BCUT2D eigenvalue weighted by Gasteiger charge is -2.29. The normalized spacial score (nSPS) is 11.6. The van der Waals surface area contributed by atoms with Gasteiger partial charge in [0.25, 0.3) is 0 Å². The predicted molar refractivity (Wildman–Crippen MR) is 260 cm³/mol. The Bertz CT molecular complexity index is 3300. The first kappa shape index (κ1) is 35.1. The van der Waals surface area contributed by atoms with Crippen molar-refractivity contribution in [3.63, 3.8) is 0 Å². The second-order valence-electron chi connectivity index (χ2n) is 15.4. The lowest BCUT2D eigenvalue weighted by Crippen LogP contribution is -2.12. The van der Waals surface area contributed by atoms with Crippen molar-refractivity contribution in [2.75, 3.05) is 9.80 Å². The van der Waals surface area contributed by atoms with Gasteiger partial charge in [0.05, 0.1) is 38.1 Å². The van der Waals surface area contributed by atoms with Crippen molar-refractivity contribution in [2.24, 2.45) is 0 Å². The zero-order chi connectivity index (χ0) is 40.3. The summed E-state index contributed by atoms with van der Waals surface area (Å²) in [6, 6.07) is 81.1. The number of hydrogen-bond acceptors (Lipinski definition) is 3. The highest BCUT2D eigenvalue weighted by Crippen LogP contribution is 2.48. The Balaban J connectivity index is 1.05. The van der Waals surface area contributed by atoms with Crippen molar-refractivity contribution in [3.05, 3.63) is 230 Å². The van der Waals surface area contributed by atoms with E-state index in [1.807, 2.05) is 0 Å². The third-order valence-corrected chi connectivity index (χ3v) is 12.9. The van der Waals surface area contributed by atoms with E-state index in [0.29, 0.717) is 0 Å². The molecule has 0 aliphatic carbocycles. The van der Waals surface area contributed by atoms with Gasteiger partial charge < -0.3 is 18.9 Å². The van der Waals surface area contributed by atoms with Crippen LogP contribution in [0.2, 0.25) is 0 Å². The maximum Gasteiger partial charge on any atom is 0.0641 e. The molecule has 12 aromatic rings. The summed E-state index contributed by atoms with van der Waals surface area (Å²) in [7, 11) is 0. The number of hydrogen-bond donors (Lipinski definition) is 0. The summed E-state index contributed by atoms with van der Waals surface area (Å²) in [5.41, 5.74) is 13.8. The van der Waals surface area contributed by atoms with Gasteiger partial charge in [0.15, 0.2) is 0 Å². The molecule has 288 valence electrons. The first-order valence-corrected chi connectivity index (χ1v) is 21.6. The van der Waals surface area contributed by atoms with Crippen LogP contribution < -0.4 is 9.80 Å². The quantitative estimate of drug-likeness (QED) is 0.152. The van der Waals surface area contributed by atoms with Crippen molar-refractivity contribution in [3.8, 4) is 11.4 Å². The van der Waals surface area contributed by atoms with E-state index in [-0.39, 0.29) is 0 Å². The summed E-state index contributed by atoms with van der Waals surface area (Å²) >= 11 is 1.79. The fourth-order valence-corrected chi connectivity index (χ4v) is 10.2. The topological polar surface area (TPSA) is 16.3 Å². The van der Waals surface area contributed by atoms with Crippen LogP contribution in [0.1, 0.15) is 0 Å². The SMILES string of the molecule is c1ccc(N(c2ccc3c(c2)c2ccccc2n3-c2ccccc2)c2ccc(N(c3ccccc3)c3ccc4c(c3)c3ccccc3n4-c3ccccc3)c3sccc23)cc1. The number of rotatable bonds is 8. The molecule has 0 aliphatic rings. The van der Waals surface area contributed by atoms with Crippen LogP contribution in [0.3, 0.4) is 0 Å². The van der Waals surface area contributed by atoms with E-state index in [1.54, 1.807) is 11.3 Å². The number of aromatic nitrogens is 2. The molecule has 5 heteroatoms. The van der Waals surface area contributed by atoms with Gasteiger partial charge in [-0.15, -0.1) is 11.3 Å². The number of nitrogens with zero attached hydrogens (tertiary/aromatic N) is 4. The molecule has 0 fully saturated rings. The van der Waals surface area contributed by atoms with E-state index in [1.165, 1.54) is 53.7 Å². The van der Waals surface area contributed by atoms with Gasteiger partial charge in [-0.3, -0.25) is 0 Å². The van der Waals surface area contributed by atoms with Gasteiger partial charge in [-0.25, -0.2) is 0 Å². The minimum Gasteiger partial charge on any atom is -0.310 e. The van der Waals surface area contributed by atoms with Gasteiger partial charge in [-0.05, 0) is 121 Å². The molecule has 12 rings (SSSR count). The molecule has 4 nitrogen and oxygen atoms in total. The van der Waals surface area contributed by atoms with Crippen LogP contribution >= 0.6 is 11.3 Å². The van der Waals surface area contributed by atoms with Crippen LogP contribution in [0.15, 0.2) is 230 Å². The lowest BCUT2D eigenvalue weighted by atomic mass is 10.1. The average Bonchev–Trinajstić information content (AvgIpc) is 4.05. The first-order valence-electron chi connectivity index (χ1n) is 20.7. The standard InChI is InChI=1S/C56H38N4S/c1-5-17-39(18-6-1)57(43-29-31-53-48(37-43)45-25-13-15-27-50(45)59(53)41-21-9-3-10-22-41)52-33-34-55(56-47(52)35-36-61-56)58(40-19-7-2-8-20-40)44-30-32-54-49(38-44)46-26-14-16-28-51(46)60(54)42-23-11-4-12-24-42/h1-38H. The summed E-state index contributed by atoms with van der Waals surface area (Å²) < 4.78 is 5.97. The Kier molecular flexibility index (Phi) is 8.32. The van der Waals surface area contributed by atoms with Crippen LogP contribution in [0, 0.1) is 0 Å². The lowest BCUT2D eigenvalue weighted by molar-refractivity contribution is 1.18. The molecule has 0 radical (unpaired) electrons. The summed E-state index contributed by atoms with van der Waals surface area (Å²) in [6.07, 6.45) is 0. The molecule has 0 saturated heterocycles. The highest BCUT2D eigenvalue weighted by Gasteiger charge is 2.24. The Morgan fingerprint density at radius 1 is 0.295 bits per heavy atom. The molecule has 0 amide bonds. The summed E-state index contributed by atoms with van der Waals surface area (Å²) in [4.78, 5) is 4.85. The van der Waals surface area contributed by atoms with E-state index < -0.39 is 0 Å². The molecular formula is C56H38N4S. The molecule has 61 heavy (non-hydrogen) atoms. The summed E-state index contributed by atoms with van der Waals surface area (Å²) in [5, 5.41) is 8.33. The molecule has 3 aromatic heterocycles. The highest BCUT2D eigenvalue weighted by molar-refractivity contribution is 7.18. The van der Waals surface area contributed by atoms with E-state index in [0.717, 1.165) is 45.5 Å². The summed E-state index contributed by atoms with van der Waals surface area (Å²) in [5.74, 6) is 0. The van der Waals surface area contributed by atoms with Gasteiger partial charge in [0.2, 0.25) is 0 Å². The van der Waals surface area contributed by atoms with Crippen molar-refractivity contribution >= 4 is 99.2 Å². The average molecular weight is 799 g/mol. The van der Waals surface area contributed by atoms with Crippen molar-refractivity contribution < 1.29 is 0 Å². The minimum atomic E-state index is 1.11. The highest BCUT2D eigenvalue weighted by atomic mass is 32.1. The van der Waals surface area contributed by atoms with Gasteiger partial charge in [0.1, 0.15) is 0 Å². The predicted octanol–water partition coefficient (Wildman–Crippen LogP) is 16.0. The molecular weight excluding hydrogens is 761 g/mol. The van der Waals surface area contributed by atoms with E-state index >= 15 is 0 Å².